The number of methoxy groups -OCH3 is 1. The summed E-state index contributed by atoms with van der Waals surface area (Å²) in [6, 6.07) is 7.66. The highest BCUT2D eigenvalue weighted by Gasteiger charge is 2.25. The molecular weight excluding hydrogens is 439 g/mol. The summed E-state index contributed by atoms with van der Waals surface area (Å²) >= 11 is 6.49. The number of ether oxygens (including phenoxy) is 1. The van der Waals surface area contributed by atoms with Gasteiger partial charge < -0.3 is 19.1 Å². The molecule has 166 valence electrons. The van der Waals surface area contributed by atoms with Crippen LogP contribution in [0.2, 0.25) is 5.02 Å². The van der Waals surface area contributed by atoms with E-state index < -0.39 is 0 Å². The maximum absolute atomic E-state index is 11.7. The number of halogens is 2. The number of rotatable bonds is 5. The number of imidazole rings is 1. The van der Waals surface area contributed by atoms with Crippen molar-refractivity contribution in [3.8, 4) is 11.4 Å². The number of fused-ring (bicyclic) bond motifs is 1. The fourth-order valence-electron chi connectivity index (χ4n) is 3.79. The Bertz CT molecular complexity index is 1080. The molecule has 1 aliphatic heterocycles. The van der Waals surface area contributed by atoms with E-state index in [4.69, 9.17) is 31.3 Å². The van der Waals surface area contributed by atoms with Crippen LogP contribution in [-0.4, -0.2) is 70.2 Å². The number of hydrogen-bond acceptors (Lipinski definition) is 6. The Balaban J connectivity index is 0.00000272. The van der Waals surface area contributed by atoms with E-state index in [0.29, 0.717) is 50.2 Å². The van der Waals surface area contributed by atoms with Gasteiger partial charge in [-0.05, 0) is 19.1 Å². The van der Waals surface area contributed by atoms with E-state index in [-0.39, 0.29) is 18.3 Å². The third-order valence-electron chi connectivity index (χ3n) is 5.35. The Labute approximate surface area is 192 Å². The lowest BCUT2D eigenvalue weighted by Gasteiger charge is -2.34. The summed E-state index contributed by atoms with van der Waals surface area (Å²) in [7, 11) is 1.68. The fourth-order valence-corrected chi connectivity index (χ4v) is 4.01. The monoisotopic (exact) mass is 464 g/mol. The van der Waals surface area contributed by atoms with E-state index in [1.54, 1.807) is 14.0 Å². The number of hydrogen-bond donors (Lipinski definition) is 0. The molecule has 0 aliphatic carbocycles. The van der Waals surface area contributed by atoms with E-state index in [1.165, 1.54) is 0 Å². The van der Waals surface area contributed by atoms with Crippen molar-refractivity contribution in [2.75, 3.05) is 44.8 Å². The van der Waals surface area contributed by atoms with Crippen LogP contribution < -0.4 is 4.90 Å². The van der Waals surface area contributed by atoms with Gasteiger partial charge in [-0.15, -0.1) is 12.4 Å². The molecule has 1 aliphatic rings. The molecule has 2 aromatic heterocycles. The average molecular weight is 465 g/mol. The Kier molecular flexibility index (Phi) is 7.35. The van der Waals surface area contributed by atoms with Crippen molar-refractivity contribution >= 4 is 46.9 Å². The highest BCUT2D eigenvalue weighted by molar-refractivity contribution is 6.33. The zero-order chi connectivity index (χ0) is 21.3. The predicted octanol–water partition coefficient (Wildman–Crippen LogP) is 3.19. The second-order valence-electron chi connectivity index (χ2n) is 7.32. The zero-order valence-corrected chi connectivity index (χ0v) is 19.4. The van der Waals surface area contributed by atoms with Gasteiger partial charge in [-0.2, -0.15) is 0 Å². The third kappa shape index (κ3) is 4.61. The molecule has 1 saturated heterocycles. The molecule has 0 unspecified atom stereocenters. The van der Waals surface area contributed by atoms with Crippen molar-refractivity contribution in [2.45, 2.75) is 20.4 Å². The van der Waals surface area contributed by atoms with Crippen LogP contribution in [0.4, 0.5) is 5.82 Å². The largest absolute Gasteiger partial charge is 0.383 e. The molecule has 1 aromatic carbocycles. The van der Waals surface area contributed by atoms with E-state index in [1.807, 2.05) is 40.7 Å². The zero-order valence-electron chi connectivity index (χ0n) is 17.8. The van der Waals surface area contributed by atoms with Crippen LogP contribution in [0.3, 0.4) is 0 Å². The summed E-state index contributed by atoms with van der Waals surface area (Å²) in [5.41, 5.74) is 2.35. The maximum atomic E-state index is 11.7. The summed E-state index contributed by atoms with van der Waals surface area (Å²) in [5.74, 6) is 2.32. The second-order valence-corrected chi connectivity index (χ2v) is 7.73. The Hall–Kier alpha value is -2.42. The number of nitrogens with zero attached hydrogens (tertiary/aromatic N) is 6. The van der Waals surface area contributed by atoms with Gasteiger partial charge in [0.25, 0.3) is 0 Å². The average Bonchev–Trinajstić information content (AvgIpc) is 3.10. The molecule has 3 aromatic rings. The predicted molar refractivity (Wildman–Crippen MR) is 124 cm³/mol. The number of piperazine rings is 1. The molecule has 4 rings (SSSR count). The van der Waals surface area contributed by atoms with Gasteiger partial charge >= 0.3 is 0 Å². The topological polar surface area (TPSA) is 76.4 Å². The highest BCUT2D eigenvalue weighted by Crippen LogP contribution is 2.33. The summed E-state index contributed by atoms with van der Waals surface area (Å²) < 4.78 is 7.37. The molecule has 1 fully saturated rings. The first-order valence-corrected chi connectivity index (χ1v) is 10.4. The first-order valence-electron chi connectivity index (χ1n) is 9.98. The number of aryl methyl sites for hydroxylation is 1. The molecule has 3 heterocycles. The van der Waals surface area contributed by atoms with Gasteiger partial charge in [0, 0.05) is 52.3 Å². The maximum Gasteiger partial charge on any atom is 0.219 e. The normalized spacial score (nSPS) is 14.1. The minimum Gasteiger partial charge on any atom is -0.383 e. The van der Waals surface area contributed by atoms with Gasteiger partial charge in [0.05, 0.1) is 11.6 Å². The quantitative estimate of drug-likeness (QED) is 0.576. The lowest BCUT2D eigenvalue weighted by atomic mass is 10.2. The van der Waals surface area contributed by atoms with Crippen LogP contribution in [0.25, 0.3) is 22.6 Å². The second kappa shape index (κ2) is 9.80. The molecule has 8 nitrogen and oxygen atoms in total. The third-order valence-corrected chi connectivity index (χ3v) is 5.68. The van der Waals surface area contributed by atoms with E-state index in [9.17, 15) is 4.79 Å². The van der Waals surface area contributed by atoms with Crippen molar-refractivity contribution < 1.29 is 9.53 Å². The fraction of sp³-hybridized carbons (Fsp3) is 0.429. The highest BCUT2D eigenvalue weighted by atomic mass is 35.5. The smallest absolute Gasteiger partial charge is 0.219 e. The van der Waals surface area contributed by atoms with E-state index >= 15 is 0 Å². The van der Waals surface area contributed by atoms with Crippen LogP contribution in [-0.2, 0) is 16.1 Å². The van der Waals surface area contributed by atoms with Gasteiger partial charge in [0.2, 0.25) is 5.91 Å². The Morgan fingerprint density at radius 1 is 1.13 bits per heavy atom. The Morgan fingerprint density at radius 3 is 2.48 bits per heavy atom. The van der Waals surface area contributed by atoms with Crippen LogP contribution in [0.15, 0.2) is 24.3 Å². The number of anilines is 1. The SMILES string of the molecule is COCCn1c(-c2ccccc2Cl)nc2c(N3CCN(C(C)=O)CC3)nc(C)nc21.Cl. The lowest BCUT2D eigenvalue weighted by molar-refractivity contribution is -0.129. The van der Waals surface area contributed by atoms with Crippen LogP contribution in [0.5, 0.6) is 0 Å². The van der Waals surface area contributed by atoms with Gasteiger partial charge in [-0.3, -0.25) is 4.79 Å². The minimum atomic E-state index is 0. The first kappa shape index (κ1) is 23.2. The van der Waals surface area contributed by atoms with Gasteiger partial charge in [0.15, 0.2) is 17.0 Å². The molecule has 0 radical (unpaired) electrons. The minimum absolute atomic E-state index is 0. The molecule has 0 bridgehead atoms. The van der Waals surface area contributed by atoms with Crippen molar-refractivity contribution in [3.63, 3.8) is 0 Å². The standard InChI is InChI=1S/C21H25ClN6O2.ClH/c1-14-23-20(27-10-8-26(9-11-27)15(2)29)18-21(24-14)28(12-13-30-3)19(25-18)16-6-4-5-7-17(16)22;/h4-7H,8-13H2,1-3H3;1H. The molecule has 0 saturated carbocycles. The lowest BCUT2D eigenvalue weighted by Crippen LogP contribution is -2.48. The molecule has 0 N–H and O–H groups in total. The van der Waals surface area contributed by atoms with Crippen molar-refractivity contribution in [1.82, 2.24) is 24.4 Å². The first-order chi connectivity index (χ1) is 14.5. The van der Waals surface area contributed by atoms with Crippen LogP contribution >= 0.6 is 24.0 Å². The Morgan fingerprint density at radius 2 is 1.84 bits per heavy atom. The van der Waals surface area contributed by atoms with Crippen LogP contribution in [0, 0.1) is 6.92 Å². The molecular formula is C21H26Cl2N6O2. The van der Waals surface area contributed by atoms with E-state index in [0.717, 1.165) is 28.4 Å². The summed E-state index contributed by atoms with van der Waals surface area (Å²) in [4.78, 5) is 30.1. The molecule has 31 heavy (non-hydrogen) atoms. The molecule has 10 heteroatoms. The number of aromatic nitrogens is 4. The number of carbonyl (C=O) groups excluding carboxylic acids is 1. The summed E-state index contributed by atoms with van der Waals surface area (Å²) in [5, 5.41) is 0.632. The van der Waals surface area contributed by atoms with Crippen molar-refractivity contribution in [3.05, 3.63) is 35.1 Å². The van der Waals surface area contributed by atoms with Gasteiger partial charge in [-0.1, -0.05) is 23.7 Å². The van der Waals surface area contributed by atoms with Crippen molar-refractivity contribution in [1.29, 1.82) is 0 Å². The molecule has 1 amide bonds. The van der Waals surface area contributed by atoms with E-state index in [2.05, 4.69) is 4.90 Å². The molecule has 0 atom stereocenters. The van der Waals surface area contributed by atoms with Gasteiger partial charge in [0.1, 0.15) is 11.6 Å². The number of carbonyl (C=O) groups is 1. The van der Waals surface area contributed by atoms with Gasteiger partial charge in [-0.25, -0.2) is 15.0 Å². The van der Waals surface area contributed by atoms with Crippen molar-refractivity contribution in [2.24, 2.45) is 0 Å². The molecule has 0 spiro atoms. The summed E-state index contributed by atoms with van der Waals surface area (Å²) in [6.45, 7) is 7.37. The van der Waals surface area contributed by atoms with Crippen LogP contribution in [0.1, 0.15) is 12.7 Å². The number of amides is 1. The number of benzene rings is 1. The summed E-state index contributed by atoms with van der Waals surface area (Å²) in [6.07, 6.45) is 0.